The number of halogens is 2. The molecule has 0 spiro atoms. The summed E-state index contributed by atoms with van der Waals surface area (Å²) in [6, 6.07) is 15.6. The molecule has 0 aliphatic carbocycles. The van der Waals surface area contributed by atoms with E-state index in [9.17, 15) is 5.11 Å². The van der Waals surface area contributed by atoms with Crippen molar-refractivity contribution in [2.24, 2.45) is 0 Å². The van der Waals surface area contributed by atoms with E-state index < -0.39 is 5.60 Å². The molecule has 3 heteroatoms. The number of alkyl halides is 1. The van der Waals surface area contributed by atoms with Crippen LogP contribution in [0.5, 0.6) is 0 Å². The highest BCUT2D eigenvalue weighted by Gasteiger charge is 2.21. The van der Waals surface area contributed by atoms with Gasteiger partial charge in [0, 0.05) is 10.9 Å². The zero-order valence-electron chi connectivity index (χ0n) is 10.7. The van der Waals surface area contributed by atoms with Crippen LogP contribution in [0.4, 0.5) is 0 Å². The topological polar surface area (TPSA) is 20.2 Å². The second-order valence-electron chi connectivity index (χ2n) is 4.80. The maximum absolute atomic E-state index is 10.3. The van der Waals surface area contributed by atoms with E-state index in [1.165, 1.54) is 0 Å². The van der Waals surface area contributed by atoms with E-state index >= 15 is 0 Å². The van der Waals surface area contributed by atoms with Crippen molar-refractivity contribution in [1.29, 1.82) is 0 Å². The lowest BCUT2D eigenvalue weighted by atomic mass is 9.92. The summed E-state index contributed by atoms with van der Waals surface area (Å²) in [5.74, 6) is 0.434. The van der Waals surface area contributed by atoms with Gasteiger partial charge in [-0.05, 0) is 42.2 Å². The first-order chi connectivity index (χ1) is 9.03. The van der Waals surface area contributed by atoms with Gasteiger partial charge in [0.25, 0.3) is 0 Å². The molecule has 0 aliphatic heterocycles. The molecule has 1 atom stereocenters. The summed E-state index contributed by atoms with van der Waals surface area (Å²) in [6.07, 6.45) is 0.533. The van der Waals surface area contributed by atoms with Gasteiger partial charge in [-0.1, -0.05) is 48.0 Å². The van der Waals surface area contributed by atoms with Crippen LogP contribution in [0.1, 0.15) is 18.9 Å². The Morgan fingerprint density at radius 3 is 2.32 bits per heavy atom. The SMILES string of the molecule is CC(O)(CCCl)c1ccc(-c2cccc(Cl)c2)cc1. The van der Waals surface area contributed by atoms with Gasteiger partial charge in [-0.2, -0.15) is 0 Å². The van der Waals surface area contributed by atoms with Crippen LogP contribution >= 0.6 is 23.2 Å². The van der Waals surface area contributed by atoms with Crippen molar-refractivity contribution in [2.45, 2.75) is 18.9 Å². The van der Waals surface area contributed by atoms with Crippen LogP contribution in [-0.2, 0) is 5.60 Å². The number of aliphatic hydroxyl groups is 1. The monoisotopic (exact) mass is 294 g/mol. The molecule has 0 saturated carbocycles. The third-order valence-corrected chi connectivity index (χ3v) is 3.67. The van der Waals surface area contributed by atoms with Crippen LogP contribution in [0.3, 0.4) is 0 Å². The fourth-order valence-corrected chi connectivity index (χ4v) is 2.58. The van der Waals surface area contributed by atoms with Gasteiger partial charge < -0.3 is 5.11 Å². The predicted octanol–water partition coefficient (Wildman–Crippen LogP) is 4.84. The van der Waals surface area contributed by atoms with Crippen LogP contribution in [0.15, 0.2) is 48.5 Å². The molecule has 1 N–H and O–H groups in total. The van der Waals surface area contributed by atoms with E-state index in [1.54, 1.807) is 6.92 Å². The molecule has 0 radical (unpaired) electrons. The summed E-state index contributed by atoms with van der Waals surface area (Å²) in [6.45, 7) is 1.78. The largest absolute Gasteiger partial charge is 0.385 e. The summed E-state index contributed by atoms with van der Waals surface area (Å²) in [5.41, 5.74) is 2.14. The average Bonchev–Trinajstić information content (AvgIpc) is 2.39. The van der Waals surface area contributed by atoms with Crippen molar-refractivity contribution in [3.8, 4) is 11.1 Å². The van der Waals surface area contributed by atoms with E-state index in [4.69, 9.17) is 23.2 Å². The summed E-state index contributed by atoms with van der Waals surface area (Å²) in [5, 5.41) is 11.0. The Morgan fingerprint density at radius 1 is 1.05 bits per heavy atom. The normalized spacial score (nSPS) is 14.1. The lowest BCUT2D eigenvalue weighted by Crippen LogP contribution is -2.21. The highest BCUT2D eigenvalue weighted by Crippen LogP contribution is 2.28. The molecule has 0 aliphatic rings. The van der Waals surface area contributed by atoms with Crippen molar-refractivity contribution >= 4 is 23.2 Å². The first-order valence-electron chi connectivity index (χ1n) is 6.18. The molecule has 0 saturated heterocycles. The van der Waals surface area contributed by atoms with E-state index in [0.29, 0.717) is 12.3 Å². The lowest BCUT2D eigenvalue weighted by Gasteiger charge is -2.23. The third kappa shape index (κ3) is 3.50. The Morgan fingerprint density at radius 2 is 1.74 bits per heavy atom. The van der Waals surface area contributed by atoms with E-state index in [0.717, 1.165) is 21.7 Å². The van der Waals surface area contributed by atoms with Gasteiger partial charge in [-0.3, -0.25) is 0 Å². The van der Waals surface area contributed by atoms with Crippen molar-refractivity contribution < 1.29 is 5.11 Å². The molecule has 2 aromatic carbocycles. The maximum Gasteiger partial charge on any atom is 0.0879 e. The minimum Gasteiger partial charge on any atom is -0.385 e. The molecule has 19 heavy (non-hydrogen) atoms. The third-order valence-electron chi connectivity index (χ3n) is 3.25. The van der Waals surface area contributed by atoms with Crippen molar-refractivity contribution in [2.75, 3.05) is 5.88 Å². The number of hydrogen-bond acceptors (Lipinski definition) is 1. The van der Waals surface area contributed by atoms with Crippen molar-refractivity contribution in [3.05, 3.63) is 59.1 Å². The molecular weight excluding hydrogens is 279 g/mol. The van der Waals surface area contributed by atoms with Gasteiger partial charge in [0.15, 0.2) is 0 Å². The van der Waals surface area contributed by atoms with Gasteiger partial charge in [-0.15, -0.1) is 11.6 Å². The zero-order chi connectivity index (χ0) is 13.9. The molecule has 0 aromatic heterocycles. The highest BCUT2D eigenvalue weighted by molar-refractivity contribution is 6.30. The fourth-order valence-electron chi connectivity index (χ4n) is 2.02. The zero-order valence-corrected chi connectivity index (χ0v) is 12.2. The van der Waals surface area contributed by atoms with E-state index in [-0.39, 0.29) is 0 Å². The van der Waals surface area contributed by atoms with Gasteiger partial charge in [-0.25, -0.2) is 0 Å². The first kappa shape index (κ1) is 14.4. The van der Waals surface area contributed by atoms with Gasteiger partial charge >= 0.3 is 0 Å². The molecule has 0 heterocycles. The average molecular weight is 295 g/mol. The summed E-state index contributed by atoms with van der Waals surface area (Å²) >= 11 is 11.7. The van der Waals surface area contributed by atoms with Crippen LogP contribution < -0.4 is 0 Å². The maximum atomic E-state index is 10.3. The Kier molecular flexibility index (Phi) is 4.51. The first-order valence-corrected chi connectivity index (χ1v) is 7.09. The number of hydrogen-bond donors (Lipinski definition) is 1. The number of rotatable bonds is 4. The molecule has 2 rings (SSSR count). The quantitative estimate of drug-likeness (QED) is 0.800. The smallest absolute Gasteiger partial charge is 0.0879 e. The standard InChI is InChI=1S/C16H16Cl2O/c1-16(19,9-10-17)14-7-5-12(6-8-14)13-3-2-4-15(18)11-13/h2-8,11,19H,9-10H2,1H3. The summed E-state index contributed by atoms with van der Waals surface area (Å²) in [7, 11) is 0. The lowest BCUT2D eigenvalue weighted by molar-refractivity contribution is 0.0540. The van der Waals surface area contributed by atoms with Crippen LogP contribution in [0.2, 0.25) is 5.02 Å². The summed E-state index contributed by atoms with van der Waals surface area (Å²) in [4.78, 5) is 0. The van der Waals surface area contributed by atoms with Crippen LogP contribution in [-0.4, -0.2) is 11.0 Å². The van der Waals surface area contributed by atoms with Crippen LogP contribution in [0.25, 0.3) is 11.1 Å². The van der Waals surface area contributed by atoms with E-state index in [1.807, 2.05) is 48.5 Å². The van der Waals surface area contributed by atoms with Crippen molar-refractivity contribution in [3.63, 3.8) is 0 Å². The molecule has 100 valence electrons. The van der Waals surface area contributed by atoms with Crippen LogP contribution in [0, 0.1) is 0 Å². The predicted molar refractivity (Wildman–Crippen MR) is 81.8 cm³/mol. The minimum absolute atomic E-state index is 0.434. The van der Waals surface area contributed by atoms with Gasteiger partial charge in [0.1, 0.15) is 0 Å². The van der Waals surface area contributed by atoms with E-state index in [2.05, 4.69) is 0 Å². The molecule has 0 amide bonds. The van der Waals surface area contributed by atoms with Crippen molar-refractivity contribution in [1.82, 2.24) is 0 Å². The van der Waals surface area contributed by atoms with Gasteiger partial charge in [0.05, 0.1) is 5.60 Å². The molecule has 2 aromatic rings. The Hall–Kier alpha value is -1.02. The molecular formula is C16H16Cl2O. The Bertz CT molecular complexity index is 547. The molecule has 1 unspecified atom stereocenters. The number of benzene rings is 2. The molecule has 1 nitrogen and oxygen atoms in total. The molecule has 0 fully saturated rings. The second-order valence-corrected chi connectivity index (χ2v) is 5.61. The Labute approximate surface area is 123 Å². The second kappa shape index (κ2) is 5.96. The molecule has 0 bridgehead atoms. The minimum atomic E-state index is -0.880. The summed E-state index contributed by atoms with van der Waals surface area (Å²) < 4.78 is 0. The fraction of sp³-hybridized carbons (Fsp3) is 0.250. The highest BCUT2D eigenvalue weighted by atomic mass is 35.5. The Balaban J connectivity index is 2.28. The van der Waals surface area contributed by atoms with Gasteiger partial charge in [0.2, 0.25) is 0 Å².